The number of anilines is 1. The topological polar surface area (TPSA) is 37.8 Å². The van der Waals surface area contributed by atoms with E-state index >= 15 is 0 Å². The molecule has 1 aliphatic rings. The Kier molecular flexibility index (Phi) is 3.67. The minimum atomic E-state index is 0.0637. The number of fused-ring (bicyclic) bond motifs is 1. The van der Waals surface area contributed by atoms with Gasteiger partial charge in [-0.25, -0.2) is 0 Å². The van der Waals surface area contributed by atoms with Crippen LogP contribution in [0.5, 0.6) is 0 Å². The fourth-order valence-corrected chi connectivity index (χ4v) is 4.07. The fraction of sp³-hybridized carbons (Fsp3) is 0.571. The molecule has 1 atom stereocenters. The van der Waals surface area contributed by atoms with E-state index < -0.39 is 0 Å². The third kappa shape index (κ3) is 2.45. The molecule has 3 nitrogen and oxygen atoms in total. The average Bonchev–Trinajstić information content (AvgIpc) is 2.89. The third-order valence-corrected chi connectivity index (χ3v) is 5.16. The molecule has 1 aromatic heterocycles. The molecule has 0 radical (unpaired) electrons. The molecule has 0 spiro atoms. The zero-order valence-electron chi connectivity index (χ0n) is 10.7. The molecule has 1 fully saturated rings. The van der Waals surface area contributed by atoms with Crippen molar-refractivity contribution in [2.75, 3.05) is 5.32 Å². The van der Waals surface area contributed by atoms with Gasteiger partial charge < -0.3 is 0 Å². The summed E-state index contributed by atoms with van der Waals surface area (Å²) < 4.78 is 8.97. The first kappa shape index (κ1) is 12.2. The quantitative estimate of drug-likeness (QED) is 0.886. The van der Waals surface area contributed by atoms with Crippen molar-refractivity contribution in [1.29, 1.82) is 0 Å². The molecule has 1 aliphatic carbocycles. The van der Waals surface area contributed by atoms with Gasteiger partial charge in [0.05, 0.1) is 0 Å². The monoisotopic (exact) mass is 309 g/mol. The van der Waals surface area contributed by atoms with Crippen molar-refractivity contribution < 1.29 is 0 Å². The van der Waals surface area contributed by atoms with Gasteiger partial charge in [-0.05, 0) is 0 Å². The molecule has 1 unspecified atom stereocenters. The van der Waals surface area contributed by atoms with Crippen molar-refractivity contribution in [2.45, 2.75) is 45.1 Å². The van der Waals surface area contributed by atoms with Crippen molar-refractivity contribution in [1.82, 2.24) is 7.96 Å². The maximum atomic E-state index is 4.53. The molecule has 1 heterocycles. The van der Waals surface area contributed by atoms with Crippen LogP contribution in [-0.2, 0) is 0 Å². The number of hydrogen-bond acceptors (Lipinski definition) is 3. The van der Waals surface area contributed by atoms with Crippen LogP contribution in [0.25, 0.3) is 11.0 Å². The molecule has 4 heteroatoms. The summed E-state index contributed by atoms with van der Waals surface area (Å²) in [5.41, 5.74) is 3.32. The van der Waals surface area contributed by atoms with Gasteiger partial charge in [0.25, 0.3) is 0 Å². The standard InChI is InChI=1S/C14H19N3Se/c1-10(11-6-3-2-4-7-11)15-12-8-5-9-13-14(12)17-18-16-13/h5,8-11,15H,2-4,6-7H2,1H3. The van der Waals surface area contributed by atoms with Gasteiger partial charge in [-0.15, -0.1) is 0 Å². The van der Waals surface area contributed by atoms with Crippen LogP contribution >= 0.6 is 0 Å². The first-order valence-corrected chi connectivity index (χ1v) is 8.35. The Labute approximate surface area is 114 Å². The van der Waals surface area contributed by atoms with Crippen LogP contribution in [0.1, 0.15) is 39.0 Å². The van der Waals surface area contributed by atoms with Crippen LogP contribution in [0.15, 0.2) is 18.2 Å². The minimum absolute atomic E-state index is 0.0637. The molecular formula is C14H19N3Se. The summed E-state index contributed by atoms with van der Waals surface area (Å²) in [6, 6.07) is 6.82. The third-order valence-electron chi connectivity index (χ3n) is 4.03. The Hall–Kier alpha value is -0.861. The van der Waals surface area contributed by atoms with Gasteiger partial charge in [0.15, 0.2) is 0 Å². The summed E-state index contributed by atoms with van der Waals surface area (Å²) in [6.45, 7) is 2.31. The van der Waals surface area contributed by atoms with Crippen molar-refractivity contribution in [2.24, 2.45) is 5.92 Å². The molecule has 18 heavy (non-hydrogen) atoms. The number of benzene rings is 1. The van der Waals surface area contributed by atoms with Gasteiger partial charge >= 0.3 is 114 Å². The summed E-state index contributed by atoms with van der Waals surface area (Å²) in [5.74, 6) is 0.818. The number of hydrogen-bond donors (Lipinski definition) is 1. The number of nitrogens with one attached hydrogen (secondary N) is 1. The van der Waals surface area contributed by atoms with E-state index in [0.29, 0.717) is 6.04 Å². The summed E-state index contributed by atoms with van der Waals surface area (Å²) in [7, 11) is 0. The Morgan fingerprint density at radius 3 is 2.89 bits per heavy atom. The molecule has 1 N–H and O–H groups in total. The fourth-order valence-electron chi connectivity index (χ4n) is 2.92. The summed E-state index contributed by atoms with van der Waals surface area (Å²) >= 11 is 0.0637. The van der Waals surface area contributed by atoms with Gasteiger partial charge in [-0.3, -0.25) is 0 Å². The van der Waals surface area contributed by atoms with Gasteiger partial charge in [-0.2, -0.15) is 0 Å². The van der Waals surface area contributed by atoms with Crippen LogP contribution in [0.4, 0.5) is 5.69 Å². The van der Waals surface area contributed by atoms with Crippen LogP contribution in [0, 0.1) is 5.92 Å². The zero-order valence-corrected chi connectivity index (χ0v) is 12.4. The number of aromatic nitrogens is 2. The van der Waals surface area contributed by atoms with Crippen molar-refractivity contribution >= 4 is 31.7 Å². The van der Waals surface area contributed by atoms with Crippen LogP contribution < -0.4 is 5.32 Å². The van der Waals surface area contributed by atoms with E-state index in [9.17, 15) is 0 Å². The summed E-state index contributed by atoms with van der Waals surface area (Å²) in [5, 5.41) is 3.67. The van der Waals surface area contributed by atoms with Gasteiger partial charge in [0.2, 0.25) is 0 Å². The molecule has 2 aromatic rings. The SMILES string of the molecule is CC(Nc1cccc2n[se]nc12)C1CCCCC1. The summed E-state index contributed by atoms with van der Waals surface area (Å²) in [4.78, 5) is 0. The number of nitrogens with zero attached hydrogens (tertiary/aromatic N) is 2. The Morgan fingerprint density at radius 2 is 2.06 bits per heavy atom. The van der Waals surface area contributed by atoms with E-state index in [1.165, 1.54) is 37.8 Å². The van der Waals surface area contributed by atoms with E-state index in [4.69, 9.17) is 0 Å². The molecule has 0 amide bonds. The van der Waals surface area contributed by atoms with E-state index in [-0.39, 0.29) is 15.0 Å². The van der Waals surface area contributed by atoms with Crippen molar-refractivity contribution in [3.63, 3.8) is 0 Å². The molecule has 3 rings (SSSR count). The van der Waals surface area contributed by atoms with Crippen LogP contribution in [0.2, 0.25) is 0 Å². The first-order chi connectivity index (χ1) is 8.84. The van der Waals surface area contributed by atoms with Crippen molar-refractivity contribution in [3.05, 3.63) is 18.2 Å². The molecule has 0 saturated heterocycles. The maximum absolute atomic E-state index is 4.53. The molecular weight excluding hydrogens is 289 g/mol. The second-order valence-electron chi connectivity index (χ2n) is 5.27. The van der Waals surface area contributed by atoms with Gasteiger partial charge in [0, 0.05) is 0 Å². The predicted molar refractivity (Wildman–Crippen MR) is 76.1 cm³/mol. The second kappa shape index (κ2) is 5.41. The van der Waals surface area contributed by atoms with Gasteiger partial charge in [-0.1, -0.05) is 0 Å². The first-order valence-electron chi connectivity index (χ1n) is 6.82. The van der Waals surface area contributed by atoms with E-state index in [2.05, 4.69) is 38.4 Å². The van der Waals surface area contributed by atoms with Crippen LogP contribution in [0.3, 0.4) is 0 Å². The van der Waals surface area contributed by atoms with E-state index in [1.807, 2.05) is 0 Å². The molecule has 1 saturated carbocycles. The normalized spacial score (nSPS) is 18.9. The number of rotatable bonds is 3. The zero-order chi connectivity index (χ0) is 12.4. The van der Waals surface area contributed by atoms with E-state index in [1.54, 1.807) is 0 Å². The average molecular weight is 308 g/mol. The Balaban J connectivity index is 1.77. The second-order valence-corrected chi connectivity index (χ2v) is 6.38. The van der Waals surface area contributed by atoms with E-state index in [0.717, 1.165) is 17.0 Å². The Bertz CT molecular complexity index is 516. The molecule has 1 aromatic carbocycles. The predicted octanol–water partition coefficient (Wildman–Crippen LogP) is 3.07. The Morgan fingerprint density at radius 1 is 1.22 bits per heavy atom. The summed E-state index contributed by atoms with van der Waals surface area (Å²) in [6.07, 6.45) is 6.95. The van der Waals surface area contributed by atoms with Crippen LogP contribution in [-0.4, -0.2) is 29.0 Å². The van der Waals surface area contributed by atoms with Crippen molar-refractivity contribution in [3.8, 4) is 0 Å². The molecule has 0 aliphatic heterocycles. The molecule has 96 valence electrons. The molecule has 0 bridgehead atoms. The van der Waals surface area contributed by atoms with Gasteiger partial charge in [0.1, 0.15) is 0 Å².